The van der Waals surface area contributed by atoms with Gasteiger partial charge in [-0.25, -0.2) is 4.85 Å². The van der Waals surface area contributed by atoms with Crippen molar-refractivity contribution in [2.24, 2.45) is 0 Å². The smallest absolute Gasteiger partial charge is 0.190 e. The van der Waals surface area contributed by atoms with Gasteiger partial charge in [0.05, 0.1) is 29.6 Å². The summed E-state index contributed by atoms with van der Waals surface area (Å²) in [6.45, 7) is 7.31. The average Bonchev–Trinajstić information content (AvgIpc) is 3.14. The fourth-order valence-electron chi connectivity index (χ4n) is 6.29. The molecule has 0 atom stereocenters. The third kappa shape index (κ3) is 4.72. The first kappa shape index (κ1) is 27.0. The van der Waals surface area contributed by atoms with E-state index in [1.165, 1.54) is 32.3 Å². The van der Waals surface area contributed by atoms with E-state index >= 15 is 0 Å². The number of rotatable bonds is 4. The molecular formula is C42H24N4. The predicted octanol–water partition coefficient (Wildman–Crippen LogP) is 11.0. The van der Waals surface area contributed by atoms with Gasteiger partial charge in [-0.05, 0) is 96.5 Å². The monoisotopic (exact) mass is 584 g/mol. The molecule has 0 saturated heterocycles. The SMILES string of the molecule is [C-]#[N+]c1ccnc(-c2ccc(-c3ccc4c5ccc(-c6ccc(-c7cc(C#N)ccn7)cc6)cc5c5ccccc5c4c3)cc2)c1. The summed E-state index contributed by atoms with van der Waals surface area (Å²) in [5, 5.41) is 16.6. The minimum atomic E-state index is 0.587. The number of benzene rings is 6. The van der Waals surface area contributed by atoms with E-state index in [0.717, 1.165) is 44.8 Å². The third-order valence-corrected chi connectivity index (χ3v) is 8.63. The maximum atomic E-state index is 9.27. The molecule has 2 aromatic heterocycles. The van der Waals surface area contributed by atoms with Crippen molar-refractivity contribution in [2.45, 2.75) is 0 Å². The van der Waals surface area contributed by atoms with Gasteiger partial charge in [-0.2, -0.15) is 5.26 Å². The molecule has 4 nitrogen and oxygen atoms in total. The van der Waals surface area contributed by atoms with Crippen molar-refractivity contribution in [1.29, 1.82) is 5.26 Å². The summed E-state index contributed by atoms with van der Waals surface area (Å²) in [6, 6.07) is 48.2. The number of aromatic nitrogens is 2. The Bertz CT molecular complexity index is 2330. The highest BCUT2D eigenvalue weighted by Crippen LogP contribution is 2.39. The molecule has 0 radical (unpaired) electrons. The lowest BCUT2D eigenvalue weighted by atomic mass is 9.90. The van der Waals surface area contributed by atoms with E-state index in [-0.39, 0.29) is 0 Å². The number of hydrogen-bond donors (Lipinski definition) is 0. The summed E-state index contributed by atoms with van der Waals surface area (Å²) in [6.07, 6.45) is 3.36. The van der Waals surface area contributed by atoms with Crippen LogP contribution in [0.3, 0.4) is 0 Å². The Morgan fingerprint density at radius 3 is 1.43 bits per heavy atom. The molecule has 0 saturated carbocycles. The van der Waals surface area contributed by atoms with Gasteiger partial charge in [0, 0.05) is 18.0 Å². The lowest BCUT2D eigenvalue weighted by Crippen LogP contribution is -1.88. The molecule has 0 aliphatic heterocycles. The molecule has 0 bridgehead atoms. The molecule has 0 spiro atoms. The van der Waals surface area contributed by atoms with Crippen LogP contribution in [0.2, 0.25) is 0 Å². The maximum Gasteiger partial charge on any atom is 0.190 e. The van der Waals surface area contributed by atoms with Gasteiger partial charge in [0.15, 0.2) is 5.69 Å². The van der Waals surface area contributed by atoms with Crippen LogP contribution in [0.1, 0.15) is 5.56 Å². The molecule has 8 aromatic rings. The van der Waals surface area contributed by atoms with Gasteiger partial charge in [-0.15, -0.1) is 0 Å². The number of hydrogen-bond acceptors (Lipinski definition) is 3. The van der Waals surface area contributed by atoms with Crippen LogP contribution >= 0.6 is 0 Å². The summed E-state index contributed by atoms with van der Waals surface area (Å²) in [5.74, 6) is 0. The Kier molecular flexibility index (Phi) is 6.53. The summed E-state index contributed by atoms with van der Waals surface area (Å²) in [7, 11) is 0. The molecule has 2 heterocycles. The van der Waals surface area contributed by atoms with Crippen molar-refractivity contribution < 1.29 is 0 Å². The second kappa shape index (κ2) is 11.1. The highest BCUT2D eigenvalue weighted by Gasteiger charge is 2.12. The number of pyridine rings is 2. The highest BCUT2D eigenvalue weighted by atomic mass is 14.7. The van der Waals surface area contributed by atoms with Gasteiger partial charge in [-0.3, -0.25) is 9.97 Å². The van der Waals surface area contributed by atoms with Crippen LogP contribution in [0.5, 0.6) is 0 Å². The molecule has 0 N–H and O–H groups in total. The van der Waals surface area contributed by atoms with Crippen LogP contribution in [0.25, 0.3) is 81.9 Å². The van der Waals surface area contributed by atoms with E-state index in [2.05, 4.69) is 130 Å². The fraction of sp³-hybridized carbons (Fsp3) is 0. The summed E-state index contributed by atoms with van der Waals surface area (Å²) in [4.78, 5) is 12.4. The summed E-state index contributed by atoms with van der Waals surface area (Å²) < 4.78 is 0. The highest BCUT2D eigenvalue weighted by molar-refractivity contribution is 6.26. The van der Waals surface area contributed by atoms with Crippen LogP contribution < -0.4 is 0 Å². The Labute approximate surface area is 266 Å². The first-order valence-corrected chi connectivity index (χ1v) is 15.0. The molecule has 0 amide bonds. The summed E-state index contributed by atoms with van der Waals surface area (Å²) in [5.41, 5.74) is 9.30. The van der Waals surface area contributed by atoms with Gasteiger partial charge in [0.25, 0.3) is 0 Å². The molecule has 46 heavy (non-hydrogen) atoms. The number of fused-ring (bicyclic) bond motifs is 6. The lowest BCUT2D eigenvalue weighted by molar-refractivity contribution is 1.31. The molecule has 0 aliphatic carbocycles. The van der Waals surface area contributed by atoms with E-state index < -0.39 is 0 Å². The third-order valence-electron chi connectivity index (χ3n) is 8.63. The molecule has 6 aromatic carbocycles. The lowest BCUT2D eigenvalue weighted by Gasteiger charge is -2.14. The van der Waals surface area contributed by atoms with Crippen molar-refractivity contribution in [3.63, 3.8) is 0 Å². The second-order valence-electron chi connectivity index (χ2n) is 11.3. The quantitative estimate of drug-likeness (QED) is 0.153. The minimum Gasteiger partial charge on any atom is -0.259 e. The molecular weight excluding hydrogens is 560 g/mol. The number of nitriles is 1. The van der Waals surface area contributed by atoms with Crippen LogP contribution in [0, 0.1) is 17.9 Å². The molecule has 4 heteroatoms. The molecule has 0 unspecified atom stereocenters. The van der Waals surface area contributed by atoms with E-state index in [0.29, 0.717) is 11.3 Å². The Morgan fingerprint density at radius 2 is 0.913 bits per heavy atom. The molecule has 0 fully saturated rings. The normalized spacial score (nSPS) is 11.0. The standard InChI is InChI=1S/C42H24N4/c1-44-34-19-21-46-42(25-34)31-12-8-29(9-13-31)33-15-17-38-37-16-14-32(23-39(37)35-4-2-3-5-36(35)40(38)24-33)28-6-10-30(11-7-28)41-22-27(26-43)18-20-45-41/h2-25H. The van der Waals surface area contributed by atoms with Crippen LogP contribution in [-0.4, -0.2) is 9.97 Å². The predicted molar refractivity (Wildman–Crippen MR) is 187 cm³/mol. The Morgan fingerprint density at radius 1 is 0.457 bits per heavy atom. The van der Waals surface area contributed by atoms with E-state index in [9.17, 15) is 5.26 Å². The van der Waals surface area contributed by atoms with Crippen molar-refractivity contribution in [3.05, 3.63) is 163 Å². The van der Waals surface area contributed by atoms with Gasteiger partial charge < -0.3 is 0 Å². The van der Waals surface area contributed by atoms with Crippen LogP contribution in [0.15, 0.2) is 146 Å². The van der Waals surface area contributed by atoms with Crippen molar-refractivity contribution >= 4 is 38.0 Å². The van der Waals surface area contributed by atoms with Gasteiger partial charge in [-0.1, -0.05) is 97.1 Å². The molecule has 0 aliphatic rings. The first-order chi connectivity index (χ1) is 22.7. The largest absolute Gasteiger partial charge is 0.259 e. The van der Waals surface area contributed by atoms with E-state index in [1.807, 2.05) is 12.1 Å². The zero-order valence-electron chi connectivity index (χ0n) is 24.6. The Balaban J connectivity index is 1.19. The maximum absolute atomic E-state index is 9.27. The van der Waals surface area contributed by atoms with Crippen molar-refractivity contribution in [3.8, 4) is 50.8 Å². The zero-order valence-corrected chi connectivity index (χ0v) is 24.6. The van der Waals surface area contributed by atoms with Crippen molar-refractivity contribution in [2.75, 3.05) is 0 Å². The molecule has 8 rings (SSSR count). The average molecular weight is 585 g/mol. The Hall–Kier alpha value is -6.62. The van der Waals surface area contributed by atoms with Gasteiger partial charge in [0.1, 0.15) is 0 Å². The second-order valence-corrected chi connectivity index (χ2v) is 11.3. The number of nitrogens with zero attached hydrogens (tertiary/aromatic N) is 4. The fourth-order valence-corrected chi connectivity index (χ4v) is 6.29. The van der Waals surface area contributed by atoms with Crippen molar-refractivity contribution in [1.82, 2.24) is 9.97 Å². The van der Waals surface area contributed by atoms with E-state index in [4.69, 9.17) is 6.57 Å². The first-order valence-electron chi connectivity index (χ1n) is 15.0. The van der Waals surface area contributed by atoms with E-state index in [1.54, 1.807) is 24.5 Å². The van der Waals surface area contributed by atoms with Gasteiger partial charge in [0.2, 0.25) is 0 Å². The molecule has 212 valence electrons. The van der Waals surface area contributed by atoms with Crippen LogP contribution in [-0.2, 0) is 0 Å². The van der Waals surface area contributed by atoms with Crippen LogP contribution in [0.4, 0.5) is 5.69 Å². The zero-order chi connectivity index (χ0) is 31.0. The summed E-state index contributed by atoms with van der Waals surface area (Å²) >= 11 is 0. The topological polar surface area (TPSA) is 53.9 Å². The van der Waals surface area contributed by atoms with Gasteiger partial charge >= 0.3 is 0 Å². The minimum absolute atomic E-state index is 0.587.